The Morgan fingerprint density at radius 2 is 1.83 bits per heavy atom. The highest BCUT2D eigenvalue weighted by Gasteiger charge is 1.89. The van der Waals surface area contributed by atoms with Crippen molar-refractivity contribution in [2.75, 3.05) is 7.11 Å². The molecule has 0 unspecified atom stereocenters. The summed E-state index contributed by atoms with van der Waals surface area (Å²) in [6.07, 6.45) is 1.41. The molecule has 12 heavy (non-hydrogen) atoms. The summed E-state index contributed by atoms with van der Waals surface area (Å²) >= 11 is 3.31. The van der Waals surface area contributed by atoms with E-state index in [9.17, 15) is 4.79 Å². The van der Waals surface area contributed by atoms with Crippen LogP contribution in [0.25, 0.3) is 0 Å². The Bertz CT molecular complexity index is 218. The van der Waals surface area contributed by atoms with E-state index in [1.54, 1.807) is 0 Å². The number of rotatable bonds is 2. The molecule has 0 bridgehead atoms. The van der Waals surface area contributed by atoms with Gasteiger partial charge in [0.25, 0.3) is 0 Å². The summed E-state index contributed by atoms with van der Waals surface area (Å²) in [4.78, 5) is 10.0. The molecular formula is C9H11BrO2. The Balaban J connectivity index is 0.000000561. The van der Waals surface area contributed by atoms with Crippen LogP contribution in [0, 0.1) is 0 Å². The first-order valence-electron chi connectivity index (χ1n) is 3.46. The van der Waals surface area contributed by atoms with Crippen molar-refractivity contribution in [2.45, 2.75) is 6.42 Å². The quantitative estimate of drug-likeness (QED) is 0.788. The fourth-order valence-corrected chi connectivity index (χ4v) is 0.981. The topological polar surface area (TPSA) is 37.3 Å². The molecule has 0 saturated heterocycles. The van der Waals surface area contributed by atoms with Crippen molar-refractivity contribution in [2.24, 2.45) is 0 Å². The molecule has 0 aromatic heterocycles. The van der Waals surface area contributed by atoms with Gasteiger partial charge in [-0.05, 0) is 17.7 Å². The second kappa shape index (κ2) is 7.00. The largest absolute Gasteiger partial charge is 0.400 e. The van der Waals surface area contributed by atoms with Gasteiger partial charge in [-0.3, -0.25) is 0 Å². The van der Waals surface area contributed by atoms with E-state index < -0.39 is 0 Å². The molecule has 1 N–H and O–H groups in total. The van der Waals surface area contributed by atoms with E-state index in [1.165, 1.54) is 0 Å². The molecule has 0 spiro atoms. The monoisotopic (exact) mass is 230 g/mol. The Morgan fingerprint density at radius 1 is 1.33 bits per heavy atom. The zero-order chi connectivity index (χ0) is 9.40. The molecule has 3 heteroatoms. The lowest BCUT2D eigenvalue weighted by atomic mass is 10.2. The zero-order valence-electron chi connectivity index (χ0n) is 6.83. The zero-order valence-corrected chi connectivity index (χ0v) is 8.41. The predicted molar refractivity (Wildman–Crippen MR) is 52.1 cm³/mol. The molecule has 0 aliphatic heterocycles. The molecule has 1 aromatic rings. The molecule has 66 valence electrons. The van der Waals surface area contributed by atoms with Crippen LogP contribution in [0.15, 0.2) is 28.7 Å². The third-order valence-electron chi connectivity index (χ3n) is 1.23. The van der Waals surface area contributed by atoms with E-state index in [1.807, 2.05) is 24.3 Å². The number of aliphatic hydroxyl groups is 1. The van der Waals surface area contributed by atoms with Gasteiger partial charge in [-0.25, -0.2) is 0 Å². The minimum absolute atomic E-state index is 0.507. The predicted octanol–water partition coefficient (Wildman–Crippen LogP) is 1.80. The first-order chi connectivity index (χ1) is 5.83. The van der Waals surface area contributed by atoms with Gasteiger partial charge in [-0.2, -0.15) is 0 Å². The number of hydrogen-bond acceptors (Lipinski definition) is 2. The SMILES string of the molecule is CO.O=CCc1ccc(Br)cc1. The van der Waals surface area contributed by atoms with Crippen LogP contribution in [0.4, 0.5) is 0 Å². The summed E-state index contributed by atoms with van der Waals surface area (Å²) in [5.41, 5.74) is 1.05. The van der Waals surface area contributed by atoms with Gasteiger partial charge in [0.05, 0.1) is 0 Å². The maximum Gasteiger partial charge on any atom is 0.124 e. The number of halogens is 1. The fourth-order valence-electron chi connectivity index (χ4n) is 0.717. The van der Waals surface area contributed by atoms with E-state index >= 15 is 0 Å². The second-order valence-corrected chi connectivity index (χ2v) is 2.91. The van der Waals surface area contributed by atoms with Crippen LogP contribution in [0.5, 0.6) is 0 Å². The first kappa shape index (κ1) is 11.3. The molecule has 1 aromatic carbocycles. The van der Waals surface area contributed by atoms with E-state index in [4.69, 9.17) is 5.11 Å². The van der Waals surface area contributed by atoms with Crippen molar-refractivity contribution >= 4 is 22.2 Å². The van der Waals surface area contributed by atoms with E-state index in [-0.39, 0.29) is 0 Å². The van der Waals surface area contributed by atoms with Crippen LogP contribution in [-0.2, 0) is 11.2 Å². The number of benzene rings is 1. The molecule has 2 nitrogen and oxygen atoms in total. The van der Waals surface area contributed by atoms with Crippen molar-refractivity contribution < 1.29 is 9.90 Å². The Labute approximate surface area is 80.4 Å². The smallest absolute Gasteiger partial charge is 0.124 e. The van der Waals surface area contributed by atoms with Gasteiger partial charge < -0.3 is 9.90 Å². The average molecular weight is 231 g/mol. The summed E-state index contributed by atoms with van der Waals surface area (Å²) in [5, 5.41) is 7.00. The van der Waals surface area contributed by atoms with Crippen LogP contribution in [-0.4, -0.2) is 18.5 Å². The number of carbonyl (C=O) groups excluding carboxylic acids is 1. The van der Waals surface area contributed by atoms with Crippen LogP contribution < -0.4 is 0 Å². The maximum atomic E-state index is 10.0. The third-order valence-corrected chi connectivity index (χ3v) is 1.76. The molecule has 1 rings (SSSR count). The lowest BCUT2D eigenvalue weighted by Crippen LogP contribution is -1.83. The molecule has 0 heterocycles. The van der Waals surface area contributed by atoms with Crippen molar-refractivity contribution in [3.63, 3.8) is 0 Å². The van der Waals surface area contributed by atoms with Crippen molar-refractivity contribution in [1.29, 1.82) is 0 Å². The van der Waals surface area contributed by atoms with Crippen LogP contribution in [0.2, 0.25) is 0 Å². The van der Waals surface area contributed by atoms with Gasteiger partial charge in [-0.1, -0.05) is 28.1 Å². The minimum Gasteiger partial charge on any atom is -0.400 e. The molecule has 0 atom stereocenters. The lowest BCUT2D eigenvalue weighted by molar-refractivity contribution is -0.107. The van der Waals surface area contributed by atoms with Crippen molar-refractivity contribution in [3.8, 4) is 0 Å². The Kier molecular flexibility index (Phi) is 6.61. The normalized spacial score (nSPS) is 8.25. The van der Waals surface area contributed by atoms with Crippen molar-refractivity contribution in [1.82, 2.24) is 0 Å². The summed E-state index contributed by atoms with van der Waals surface area (Å²) in [6.45, 7) is 0. The maximum absolute atomic E-state index is 10.0. The molecule has 0 amide bonds. The van der Waals surface area contributed by atoms with Crippen LogP contribution in [0.3, 0.4) is 0 Å². The molecule has 0 fully saturated rings. The summed E-state index contributed by atoms with van der Waals surface area (Å²) in [6, 6.07) is 7.72. The Morgan fingerprint density at radius 3 is 2.25 bits per heavy atom. The molecule has 0 saturated carbocycles. The van der Waals surface area contributed by atoms with Gasteiger partial charge in [-0.15, -0.1) is 0 Å². The van der Waals surface area contributed by atoms with Crippen molar-refractivity contribution in [3.05, 3.63) is 34.3 Å². The Hall–Kier alpha value is -0.670. The average Bonchev–Trinajstić information content (AvgIpc) is 2.13. The molecule has 0 radical (unpaired) electrons. The van der Waals surface area contributed by atoms with E-state index in [0.717, 1.165) is 23.4 Å². The molecule has 0 aliphatic carbocycles. The lowest BCUT2D eigenvalue weighted by Gasteiger charge is -1.92. The van der Waals surface area contributed by atoms with Gasteiger partial charge in [0.2, 0.25) is 0 Å². The molecule has 0 aliphatic rings. The van der Waals surface area contributed by atoms with Gasteiger partial charge >= 0.3 is 0 Å². The van der Waals surface area contributed by atoms with Gasteiger partial charge in [0.1, 0.15) is 6.29 Å². The third kappa shape index (κ3) is 4.26. The number of hydrogen-bond donors (Lipinski definition) is 1. The van der Waals surface area contributed by atoms with E-state index in [2.05, 4.69) is 15.9 Å². The summed E-state index contributed by atoms with van der Waals surface area (Å²) < 4.78 is 1.04. The van der Waals surface area contributed by atoms with Gasteiger partial charge in [0, 0.05) is 18.0 Å². The second-order valence-electron chi connectivity index (χ2n) is 2.00. The highest BCUT2D eigenvalue weighted by Crippen LogP contribution is 2.09. The van der Waals surface area contributed by atoms with Crippen LogP contribution in [0.1, 0.15) is 5.56 Å². The van der Waals surface area contributed by atoms with Gasteiger partial charge in [0.15, 0.2) is 0 Å². The summed E-state index contributed by atoms with van der Waals surface area (Å²) in [7, 11) is 1.00. The fraction of sp³-hybridized carbons (Fsp3) is 0.222. The van der Waals surface area contributed by atoms with E-state index in [0.29, 0.717) is 6.42 Å². The highest BCUT2D eigenvalue weighted by molar-refractivity contribution is 9.10. The number of carbonyl (C=O) groups is 1. The van der Waals surface area contributed by atoms with Crippen LogP contribution >= 0.6 is 15.9 Å². The molecular weight excluding hydrogens is 220 g/mol. The summed E-state index contributed by atoms with van der Waals surface area (Å²) in [5.74, 6) is 0. The number of aldehydes is 1. The highest BCUT2D eigenvalue weighted by atomic mass is 79.9. The standard InChI is InChI=1S/C8H7BrO.CH4O/c9-8-3-1-7(2-4-8)5-6-10;1-2/h1-4,6H,5H2;2H,1H3. The number of aliphatic hydroxyl groups excluding tert-OH is 1. The first-order valence-corrected chi connectivity index (χ1v) is 4.25. The minimum atomic E-state index is 0.507.